The molecule has 0 saturated heterocycles. The molecule has 0 amide bonds. The molecule has 0 aliphatic carbocycles. The Hall–Kier alpha value is -3.34. The lowest BCUT2D eigenvalue weighted by Crippen LogP contribution is -2.04. The molecule has 2 aromatic heterocycles. The lowest BCUT2D eigenvalue weighted by Gasteiger charge is -2.09. The van der Waals surface area contributed by atoms with Crippen LogP contribution in [-0.4, -0.2) is 26.6 Å². The maximum absolute atomic E-state index is 10.4. The molecule has 4 aromatic rings. The third-order valence-corrected chi connectivity index (χ3v) is 4.12. The van der Waals surface area contributed by atoms with Crippen LogP contribution < -0.4 is 5.32 Å². The number of fused-ring (bicyclic) bond motifs is 1. The molecule has 0 aliphatic heterocycles. The highest BCUT2D eigenvalue weighted by atomic mass is 16.3. The van der Waals surface area contributed by atoms with Crippen LogP contribution >= 0.6 is 0 Å². The smallest absolute Gasteiger partial charge is 0.165 e. The van der Waals surface area contributed by atoms with Crippen molar-refractivity contribution in [3.63, 3.8) is 0 Å². The average molecular weight is 330 g/mol. The van der Waals surface area contributed by atoms with E-state index in [-0.39, 0.29) is 5.75 Å². The number of phenolic OH excluding ortho intramolecular Hbond substituents is 1. The minimum atomic E-state index is 0.163. The summed E-state index contributed by atoms with van der Waals surface area (Å²) in [6, 6.07) is 17.7. The Morgan fingerprint density at radius 2 is 1.92 bits per heavy atom. The number of hydrogen-bond acceptors (Lipinski definition) is 4. The van der Waals surface area contributed by atoms with Crippen molar-refractivity contribution in [2.24, 2.45) is 0 Å². The first-order valence-corrected chi connectivity index (χ1v) is 8.21. The van der Waals surface area contributed by atoms with Gasteiger partial charge >= 0.3 is 0 Å². The summed E-state index contributed by atoms with van der Waals surface area (Å²) in [5.41, 5.74) is 3.53. The fourth-order valence-electron chi connectivity index (χ4n) is 2.80. The fraction of sp³-hybridized carbons (Fsp3) is 0.100. The highest BCUT2D eigenvalue weighted by Crippen LogP contribution is 2.30. The molecule has 0 aliphatic rings. The van der Waals surface area contributed by atoms with Crippen LogP contribution in [0.1, 0.15) is 5.56 Å². The minimum absolute atomic E-state index is 0.163. The van der Waals surface area contributed by atoms with Gasteiger partial charge in [-0.2, -0.15) is 0 Å². The monoisotopic (exact) mass is 330 g/mol. The molecule has 0 radical (unpaired) electrons. The van der Waals surface area contributed by atoms with E-state index < -0.39 is 0 Å². The highest BCUT2D eigenvalue weighted by molar-refractivity contribution is 5.78. The first kappa shape index (κ1) is 15.2. The van der Waals surface area contributed by atoms with Crippen LogP contribution in [0, 0.1) is 0 Å². The molecule has 3 N–H and O–H groups in total. The Morgan fingerprint density at radius 1 is 1.04 bits per heavy atom. The summed E-state index contributed by atoms with van der Waals surface area (Å²) >= 11 is 0. The summed E-state index contributed by atoms with van der Waals surface area (Å²) in [5, 5.41) is 14.6. The van der Waals surface area contributed by atoms with E-state index in [2.05, 4.69) is 32.4 Å². The van der Waals surface area contributed by atoms with Crippen molar-refractivity contribution in [3.8, 4) is 17.1 Å². The zero-order valence-electron chi connectivity index (χ0n) is 13.6. The summed E-state index contributed by atoms with van der Waals surface area (Å²) in [5.74, 6) is 0.666. The molecule has 124 valence electrons. The molecule has 0 unspecified atom stereocenters. The van der Waals surface area contributed by atoms with Crippen molar-refractivity contribution in [2.75, 3.05) is 11.9 Å². The maximum atomic E-state index is 10.4. The van der Waals surface area contributed by atoms with E-state index in [1.54, 1.807) is 12.3 Å². The van der Waals surface area contributed by atoms with Crippen LogP contribution in [0.25, 0.3) is 22.4 Å². The number of aromatic hydroxyl groups is 1. The molecule has 0 spiro atoms. The van der Waals surface area contributed by atoms with Crippen molar-refractivity contribution in [1.29, 1.82) is 0 Å². The number of H-pyrrole nitrogens is 1. The van der Waals surface area contributed by atoms with Crippen LogP contribution in [0.5, 0.6) is 5.75 Å². The minimum Gasteiger partial charge on any atom is -0.507 e. The summed E-state index contributed by atoms with van der Waals surface area (Å²) < 4.78 is 0. The number of benzene rings is 2. The predicted molar refractivity (Wildman–Crippen MR) is 99.6 cm³/mol. The Kier molecular flexibility index (Phi) is 4.04. The molecule has 25 heavy (non-hydrogen) atoms. The van der Waals surface area contributed by atoms with Gasteiger partial charge in [0.15, 0.2) is 5.82 Å². The number of rotatable bonds is 5. The standard InChI is InChI=1S/C20H18N4O/c25-18-12-16(21-10-8-14-4-2-1-3-5-14)6-7-17(18)20-23-13-15-9-11-22-19(15)24-20/h1-7,9,11-13,21,25H,8,10H2,(H,22,23,24). The number of hydrogen-bond donors (Lipinski definition) is 3. The number of nitrogens with one attached hydrogen (secondary N) is 2. The van der Waals surface area contributed by atoms with E-state index in [9.17, 15) is 5.11 Å². The van der Waals surface area contributed by atoms with Crippen LogP contribution in [0.3, 0.4) is 0 Å². The number of aromatic amines is 1. The van der Waals surface area contributed by atoms with Crippen LogP contribution in [0.4, 0.5) is 5.69 Å². The summed E-state index contributed by atoms with van der Waals surface area (Å²) in [6.45, 7) is 0.799. The van der Waals surface area contributed by atoms with Crippen molar-refractivity contribution in [3.05, 3.63) is 72.6 Å². The highest BCUT2D eigenvalue weighted by Gasteiger charge is 2.09. The summed E-state index contributed by atoms with van der Waals surface area (Å²) in [6.07, 6.45) is 4.50. The van der Waals surface area contributed by atoms with Gasteiger partial charge in [0.05, 0.1) is 5.56 Å². The fourth-order valence-corrected chi connectivity index (χ4v) is 2.80. The largest absolute Gasteiger partial charge is 0.507 e. The molecule has 5 heteroatoms. The zero-order chi connectivity index (χ0) is 17.1. The average Bonchev–Trinajstić information content (AvgIpc) is 3.10. The molecule has 0 saturated carbocycles. The molecule has 0 bridgehead atoms. The topological polar surface area (TPSA) is 73.8 Å². The molecule has 0 fully saturated rings. The van der Waals surface area contributed by atoms with Gasteiger partial charge in [0.25, 0.3) is 0 Å². The first-order valence-electron chi connectivity index (χ1n) is 8.21. The third kappa shape index (κ3) is 3.30. The third-order valence-electron chi connectivity index (χ3n) is 4.12. The summed E-state index contributed by atoms with van der Waals surface area (Å²) in [4.78, 5) is 11.8. The normalized spacial score (nSPS) is 10.9. The number of phenols is 1. The molecule has 2 heterocycles. The molecular weight excluding hydrogens is 312 g/mol. The number of anilines is 1. The van der Waals surface area contributed by atoms with Gasteiger partial charge in [-0.05, 0) is 30.2 Å². The second-order valence-electron chi connectivity index (χ2n) is 5.87. The van der Waals surface area contributed by atoms with Gasteiger partial charge in [-0.1, -0.05) is 30.3 Å². The lowest BCUT2D eigenvalue weighted by atomic mass is 10.1. The van der Waals surface area contributed by atoms with E-state index >= 15 is 0 Å². The number of aromatic nitrogens is 3. The molecule has 2 aromatic carbocycles. The predicted octanol–water partition coefficient (Wildman–Crippen LogP) is 3.99. The van der Waals surface area contributed by atoms with Gasteiger partial charge < -0.3 is 15.4 Å². The quantitative estimate of drug-likeness (QED) is 0.517. The van der Waals surface area contributed by atoms with E-state index in [1.165, 1.54) is 5.56 Å². The molecular formula is C20H18N4O. The van der Waals surface area contributed by atoms with Gasteiger partial charge in [0.1, 0.15) is 11.4 Å². The second-order valence-corrected chi connectivity index (χ2v) is 5.87. The van der Waals surface area contributed by atoms with Crippen LogP contribution in [0.2, 0.25) is 0 Å². The Labute approximate surface area is 145 Å². The van der Waals surface area contributed by atoms with Crippen molar-refractivity contribution < 1.29 is 5.11 Å². The van der Waals surface area contributed by atoms with E-state index in [4.69, 9.17) is 0 Å². The van der Waals surface area contributed by atoms with Crippen molar-refractivity contribution in [1.82, 2.24) is 15.0 Å². The maximum Gasteiger partial charge on any atom is 0.165 e. The zero-order valence-corrected chi connectivity index (χ0v) is 13.6. The van der Waals surface area contributed by atoms with Gasteiger partial charge in [-0.15, -0.1) is 0 Å². The second kappa shape index (κ2) is 6.65. The van der Waals surface area contributed by atoms with Crippen LogP contribution in [0.15, 0.2) is 67.0 Å². The van der Waals surface area contributed by atoms with E-state index in [1.807, 2.05) is 42.6 Å². The van der Waals surface area contributed by atoms with Crippen molar-refractivity contribution in [2.45, 2.75) is 6.42 Å². The molecule has 0 atom stereocenters. The van der Waals surface area contributed by atoms with E-state index in [0.717, 1.165) is 29.7 Å². The van der Waals surface area contributed by atoms with Gasteiger partial charge in [-0.3, -0.25) is 0 Å². The molecule has 5 nitrogen and oxygen atoms in total. The van der Waals surface area contributed by atoms with E-state index in [0.29, 0.717) is 11.4 Å². The first-order chi connectivity index (χ1) is 12.3. The van der Waals surface area contributed by atoms with Gasteiger partial charge in [-0.25, -0.2) is 9.97 Å². The van der Waals surface area contributed by atoms with Crippen LogP contribution in [-0.2, 0) is 6.42 Å². The van der Waals surface area contributed by atoms with Gasteiger partial charge in [0.2, 0.25) is 0 Å². The lowest BCUT2D eigenvalue weighted by molar-refractivity contribution is 0.477. The Balaban J connectivity index is 1.48. The molecule has 4 rings (SSSR count). The Bertz CT molecular complexity index is 995. The Morgan fingerprint density at radius 3 is 2.76 bits per heavy atom. The van der Waals surface area contributed by atoms with Crippen molar-refractivity contribution >= 4 is 16.7 Å². The SMILES string of the molecule is Oc1cc(NCCc2ccccc2)ccc1-c1ncc2cc[nH]c2n1. The summed E-state index contributed by atoms with van der Waals surface area (Å²) in [7, 11) is 0. The number of nitrogens with zero attached hydrogens (tertiary/aromatic N) is 2. The van der Waals surface area contributed by atoms with Gasteiger partial charge in [0, 0.05) is 36.1 Å².